The highest BCUT2D eigenvalue weighted by atomic mass is 32.2. The molecule has 2 heterocycles. The van der Waals surface area contributed by atoms with Crippen LogP contribution in [0.15, 0.2) is 41.4 Å². The van der Waals surface area contributed by atoms with E-state index in [0.717, 1.165) is 30.8 Å². The van der Waals surface area contributed by atoms with E-state index in [1.54, 1.807) is 11.3 Å². The second-order valence-electron chi connectivity index (χ2n) is 5.24. The lowest BCUT2D eigenvalue weighted by Crippen LogP contribution is -2.26. The summed E-state index contributed by atoms with van der Waals surface area (Å²) in [5.41, 5.74) is 0. The minimum atomic E-state index is 0.0000592. The van der Waals surface area contributed by atoms with Crippen molar-refractivity contribution < 1.29 is 4.79 Å². The van der Waals surface area contributed by atoms with Gasteiger partial charge in [-0.2, -0.15) is 0 Å². The smallest absolute Gasteiger partial charge is 0.236 e. The van der Waals surface area contributed by atoms with Gasteiger partial charge in [0.25, 0.3) is 0 Å². The minimum Gasteiger partial charge on any atom is -0.317 e. The zero-order valence-corrected chi connectivity index (χ0v) is 13.9. The van der Waals surface area contributed by atoms with Gasteiger partial charge in [-0.3, -0.25) is 4.79 Å². The molecule has 116 valence electrons. The van der Waals surface area contributed by atoms with Crippen LogP contribution >= 0.6 is 23.1 Å². The number of hydrogen-bond acceptors (Lipinski definition) is 5. The predicted molar refractivity (Wildman–Crippen MR) is 92.8 cm³/mol. The van der Waals surface area contributed by atoms with E-state index in [1.807, 2.05) is 36.5 Å². The fraction of sp³-hybridized carbons (Fsp3) is 0.375. The van der Waals surface area contributed by atoms with E-state index in [-0.39, 0.29) is 5.91 Å². The highest BCUT2D eigenvalue weighted by molar-refractivity contribution is 8.00. The Morgan fingerprint density at radius 3 is 2.86 bits per heavy atom. The van der Waals surface area contributed by atoms with E-state index in [2.05, 4.69) is 15.6 Å². The molecule has 6 heteroatoms. The van der Waals surface area contributed by atoms with Gasteiger partial charge in [-0.1, -0.05) is 18.2 Å². The first kappa shape index (κ1) is 15.5. The van der Waals surface area contributed by atoms with Crippen LogP contribution in [0, 0.1) is 0 Å². The van der Waals surface area contributed by atoms with Crippen molar-refractivity contribution in [1.82, 2.24) is 10.3 Å². The Kier molecular flexibility index (Phi) is 5.48. The lowest BCUT2D eigenvalue weighted by molar-refractivity contribution is -0.113. The SMILES string of the molecule is O=C(CSc1ccccc1)Nc1ncc(C2CCNCC2)s1. The lowest BCUT2D eigenvalue weighted by atomic mass is 9.97. The first-order chi connectivity index (χ1) is 10.8. The van der Waals surface area contributed by atoms with Gasteiger partial charge in [0.1, 0.15) is 0 Å². The molecule has 4 nitrogen and oxygen atoms in total. The van der Waals surface area contributed by atoms with Crippen LogP contribution in [-0.4, -0.2) is 29.7 Å². The molecule has 0 radical (unpaired) electrons. The Morgan fingerprint density at radius 1 is 1.32 bits per heavy atom. The topological polar surface area (TPSA) is 54.0 Å². The molecule has 2 N–H and O–H groups in total. The standard InChI is InChI=1S/C16H19N3OS2/c20-15(11-21-13-4-2-1-3-5-13)19-16-18-10-14(22-16)12-6-8-17-9-7-12/h1-5,10,12,17H,6-9,11H2,(H,18,19,20). The van der Waals surface area contributed by atoms with Crippen molar-refractivity contribution in [3.8, 4) is 0 Å². The van der Waals surface area contributed by atoms with E-state index >= 15 is 0 Å². The Labute approximate surface area is 138 Å². The summed E-state index contributed by atoms with van der Waals surface area (Å²) in [5, 5.41) is 6.99. The first-order valence-electron chi connectivity index (χ1n) is 7.45. The fourth-order valence-electron chi connectivity index (χ4n) is 2.46. The number of nitrogens with one attached hydrogen (secondary N) is 2. The summed E-state index contributed by atoms with van der Waals surface area (Å²) >= 11 is 3.15. The molecule has 2 aromatic rings. The van der Waals surface area contributed by atoms with E-state index < -0.39 is 0 Å². The van der Waals surface area contributed by atoms with Crippen LogP contribution in [0.2, 0.25) is 0 Å². The van der Waals surface area contributed by atoms with Crippen LogP contribution in [0.1, 0.15) is 23.6 Å². The number of aromatic nitrogens is 1. The van der Waals surface area contributed by atoms with Crippen LogP contribution in [0.4, 0.5) is 5.13 Å². The zero-order valence-electron chi connectivity index (χ0n) is 12.2. The number of thiazole rings is 1. The van der Waals surface area contributed by atoms with Crippen molar-refractivity contribution in [3.05, 3.63) is 41.4 Å². The third-order valence-corrected chi connectivity index (χ3v) is 5.71. The van der Waals surface area contributed by atoms with Gasteiger partial charge in [0.2, 0.25) is 5.91 Å². The largest absolute Gasteiger partial charge is 0.317 e. The van der Waals surface area contributed by atoms with Crippen LogP contribution < -0.4 is 10.6 Å². The predicted octanol–water partition coefficient (Wildman–Crippen LogP) is 3.34. The third kappa shape index (κ3) is 4.32. The molecule has 1 fully saturated rings. The molecule has 1 aromatic carbocycles. The highest BCUT2D eigenvalue weighted by Gasteiger charge is 2.18. The van der Waals surface area contributed by atoms with Gasteiger partial charge in [-0.15, -0.1) is 23.1 Å². The maximum absolute atomic E-state index is 12.0. The molecule has 0 bridgehead atoms. The monoisotopic (exact) mass is 333 g/mol. The van der Waals surface area contributed by atoms with Crippen LogP contribution in [0.5, 0.6) is 0 Å². The maximum Gasteiger partial charge on any atom is 0.236 e. The molecule has 0 aliphatic carbocycles. The molecule has 1 aliphatic rings. The van der Waals surface area contributed by atoms with Crippen molar-refractivity contribution in [1.29, 1.82) is 0 Å². The number of rotatable bonds is 5. The van der Waals surface area contributed by atoms with Gasteiger partial charge in [-0.05, 0) is 44.0 Å². The molecule has 1 aromatic heterocycles. The first-order valence-corrected chi connectivity index (χ1v) is 9.25. The molecule has 0 unspecified atom stereocenters. The van der Waals surface area contributed by atoms with E-state index in [9.17, 15) is 4.79 Å². The summed E-state index contributed by atoms with van der Waals surface area (Å²) in [5.74, 6) is 0.995. The van der Waals surface area contributed by atoms with Gasteiger partial charge >= 0.3 is 0 Å². The molecular weight excluding hydrogens is 314 g/mol. The van der Waals surface area contributed by atoms with Crippen LogP contribution in [0.3, 0.4) is 0 Å². The molecule has 0 saturated carbocycles. The molecule has 1 amide bonds. The van der Waals surface area contributed by atoms with Gasteiger partial charge in [0, 0.05) is 16.0 Å². The second kappa shape index (κ2) is 7.76. The van der Waals surface area contributed by atoms with Crippen molar-refractivity contribution in [2.75, 3.05) is 24.2 Å². The normalized spacial score (nSPS) is 15.6. The number of hydrogen-bond donors (Lipinski definition) is 2. The quantitative estimate of drug-likeness (QED) is 0.824. The van der Waals surface area contributed by atoms with Crippen molar-refractivity contribution in [2.45, 2.75) is 23.7 Å². The minimum absolute atomic E-state index is 0.0000592. The summed E-state index contributed by atoms with van der Waals surface area (Å²) in [7, 11) is 0. The average molecular weight is 333 g/mol. The molecule has 1 saturated heterocycles. The van der Waals surface area contributed by atoms with E-state index in [0.29, 0.717) is 16.8 Å². The number of carbonyl (C=O) groups excluding carboxylic acids is 1. The highest BCUT2D eigenvalue weighted by Crippen LogP contribution is 2.31. The summed E-state index contributed by atoms with van der Waals surface area (Å²) < 4.78 is 0. The molecular formula is C16H19N3OS2. The van der Waals surface area contributed by atoms with E-state index in [4.69, 9.17) is 0 Å². The van der Waals surface area contributed by atoms with Crippen LogP contribution in [-0.2, 0) is 4.79 Å². The Bertz CT molecular complexity index is 609. The summed E-state index contributed by atoms with van der Waals surface area (Å²) in [6, 6.07) is 9.95. The third-order valence-electron chi connectivity index (χ3n) is 3.62. The maximum atomic E-state index is 12.0. The number of thioether (sulfide) groups is 1. The zero-order chi connectivity index (χ0) is 15.2. The number of piperidine rings is 1. The number of carbonyl (C=O) groups is 1. The average Bonchev–Trinajstić information content (AvgIpc) is 3.03. The second-order valence-corrected chi connectivity index (χ2v) is 7.35. The van der Waals surface area contributed by atoms with Gasteiger partial charge in [-0.25, -0.2) is 4.98 Å². The fourth-order valence-corrected chi connectivity index (χ4v) is 4.18. The molecule has 22 heavy (non-hydrogen) atoms. The summed E-state index contributed by atoms with van der Waals surface area (Å²) in [6.45, 7) is 2.13. The summed E-state index contributed by atoms with van der Waals surface area (Å²) in [4.78, 5) is 18.7. The Hall–Kier alpha value is -1.37. The summed E-state index contributed by atoms with van der Waals surface area (Å²) in [6.07, 6.45) is 4.22. The number of benzene rings is 1. The van der Waals surface area contributed by atoms with Gasteiger partial charge in [0.15, 0.2) is 5.13 Å². The number of nitrogens with zero attached hydrogens (tertiary/aromatic N) is 1. The Balaban J connectivity index is 1.50. The lowest BCUT2D eigenvalue weighted by Gasteiger charge is -2.20. The Morgan fingerprint density at radius 2 is 2.09 bits per heavy atom. The van der Waals surface area contributed by atoms with Gasteiger partial charge in [0.05, 0.1) is 5.75 Å². The number of amides is 1. The van der Waals surface area contributed by atoms with E-state index in [1.165, 1.54) is 16.6 Å². The van der Waals surface area contributed by atoms with Gasteiger partial charge < -0.3 is 10.6 Å². The number of anilines is 1. The van der Waals surface area contributed by atoms with Crippen molar-refractivity contribution in [2.24, 2.45) is 0 Å². The molecule has 1 aliphatic heterocycles. The molecule has 0 atom stereocenters. The van der Waals surface area contributed by atoms with Crippen molar-refractivity contribution in [3.63, 3.8) is 0 Å². The van der Waals surface area contributed by atoms with Crippen LogP contribution in [0.25, 0.3) is 0 Å². The van der Waals surface area contributed by atoms with Crippen molar-refractivity contribution >= 4 is 34.1 Å². The molecule has 3 rings (SSSR count). The molecule has 0 spiro atoms.